The Hall–Kier alpha value is -1.39. The van der Waals surface area contributed by atoms with Crippen LogP contribution in [-0.4, -0.2) is 31.8 Å². The molecule has 104 valence electrons. The molecule has 2 atom stereocenters. The third-order valence-electron chi connectivity index (χ3n) is 3.23. The maximum absolute atomic E-state index is 12.0. The predicted octanol–water partition coefficient (Wildman–Crippen LogP) is 2.06. The highest BCUT2D eigenvalue weighted by atomic mass is 16.5. The molecule has 1 aliphatic heterocycles. The molecule has 0 amide bonds. The maximum atomic E-state index is 12.0. The zero-order valence-electron chi connectivity index (χ0n) is 11.3. The van der Waals surface area contributed by atoms with Crippen LogP contribution in [0.1, 0.15) is 31.4 Å². The van der Waals surface area contributed by atoms with Crippen molar-refractivity contribution in [2.75, 3.05) is 19.8 Å². The summed E-state index contributed by atoms with van der Waals surface area (Å²) in [5, 5.41) is 3.26. The molecule has 1 N–H and O–H groups in total. The van der Waals surface area contributed by atoms with Gasteiger partial charge in [0, 0.05) is 13.2 Å². The number of hydrogen-bond acceptors (Lipinski definition) is 4. The van der Waals surface area contributed by atoms with Gasteiger partial charge < -0.3 is 9.47 Å². The first-order chi connectivity index (χ1) is 9.31. The van der Waals surface area contributed by atoms with E-state index in [0.29, 0.717) is 13.2 Å². The Labute approximate surface area is 114 Å². The van der Waals surface area contributed by atoms with Crippen LogP contribution in [0.4, 0.5) is 0 Å². The zero-order chi connectivity index (χ0) is 13.5. The fraction of sp³-hybridized carbons (Fsp3) is 0.533. The number of hydrogen-bond donors (Lipinski definition) is 1. The summed E-state index contributed by atoms with van der Waals surface area (Å²) in [6, 6.07) is 9.25. The molecular formula is C15H21NO3. The van der Waals surface area contributed by atoms with E-state index in [1.165, 1.54) is 0 Å². The minimum atomic E-state index is -0.412. The molecule has 1 aromatic carbocycles. The molecule has 2 unspecified atom stereocenters. The van der Waals surface area contributed by atoms with Crippen molar-refractivity contribution < 1.29 is 14.3 Å². The van der Waals surface area contributed by atoms with Crippen molar-refractivity contribution in [3.05, 3.63) is 35.9 Å². The van der Waals surface area contributed by atoms with Gasteiger partial charge in [-0.1, -0.05) is 30.3 Å². The fourth-order valence-electron chi connectivity index (χ4n) is 2.26. The van der Waals surface area contributed by atoms with Crippen LogP contribution < -0.4 is 5.32 Å². The SMILES string of the molecule is CCOC(=O)C(NCC1CCCO1)c1ccccc1. The summed E-state index contributed by atoms with van der Waals surface area (Å²) in [6.45, 7) is 3.71. The molecule has 19 heavy (non-hydrogen) atoms. The van der Waals surface area contributed by atoms with Crippen LogP contribution in [0.25, 0.3) is 0 Å². The lowest BCUT2D eigenvalue weighted by atomic mass is 10.1. The van der Waals surface area contributed by atoms with Gasteiger partial charge in [0.05, 0.1) is 12.7 Å². The van der Waals surface area contributed by atoms with Gasteiger partial charge in [-0.25, -0.2) is 4.79 Å². The standard InChI is InChI=1S/C15H21NO3/c1-2-18-15(17)14(12-7-4-3-5-8-12)16-11-13-9-6-10-19-13/h3-5,7-8,13-14,16H,2,6,9-11H2,1H3. The van der Waals surface area contributed by atoms with Crippen LogP contribution in [-0.2, 0) is 14.3 Å². The van der Waals surface area contributed by atoms with Crippen LogP contribution >= 0.6 is 0 Å². The van der Waals surface area contributed by atoms with Crippen molar-refractivity contribution in [2.24, 2.45) is 0 Å². The van der Waals surface area contributed by atoms with Crippen molar-refractivity contribution >= 4 is 5.97 Å². The third-order valence-corrected chi connectivity index (χ3v) is 3.23. The van der Waals surface area contributed by atoms with Gasteiger partial charge in [0.25, 0.3) is 0 Å². The van der Waals surface area contributed by atoms with Crippen molar-refractivity contribution in [1.29, 1.82) is 0 Å². The Morgan fingerprint density at radius 3 is 2.89 bits per heavy atom. The van der Waals surface area contributed by atoms with E-state index in [2.05, 4.69) is 5.32 Å². The summed E-state index contributed by atoms with van der Waals surface area (Å²) >= 11 is 0. The first-order valence-electron chi connectivity index (χ1n) is 6.88. The van der Waals surface area contributed by atoms with E-state index in [9.17, 15) is 4.79 Å². The van der Waals surface area contributed by atoms with Crippen LogP contribution in [0.3, 0.4) is 0 Å². The number of benzene rings is 1. The molecule has 0 spiro atoms. The molecule has 1 aromatic rings. The van der Waals surface area contributed by atoms with Crippen molar-refractivity contribution in [2.45, 2.75) is 31.9 Å². The molecule has 0 saturated carbocycles. The monoisotopic (exact) mass is 263 g/mol. The first-order valence-corrected chi connectivity index (χ1v) is 6.88. The Balaban J connectivity index is 1.99. The van der Waals surface area contributed by atoms with E-state index in [1.807, 2.05) is 37.3 Å². The molecule has 4 nitrogen and oxygen atoms in total. The predicted molar refractivity (Wildman–Crippen MR) is 72.8 cm³/mol. The molecule has 0 radical (unpaired) electrons. The van der Waals surface area contributed by atoms with E-state index < -0.39 is 6.04 Å². The molecule has 1 fully saturated rings. The van der Waals surface area contributed by atoms with Gasteiger partial charge in [-0.05, 0) is 25.3 Å². The number of carbonyl (C=O) groups is 1. The average molecular weight is 263 g/mol. The molecule has 2 rings (SSSR count). The minimum absolute atomic E-state index is 0.209. The number of ether oxygens (including phenoxy) is 2. The summed E-state index contributed by atoms with van der Waals surface area (Å²) < 4.78 is 10.7. The number of nitrogens with one attached hydrogen (secondary N) is 1. The third kappa shape index (κ3) is 4.04. The summed E-state index contributed by atoms with van der Waals surface area (Å²) in [5.41, 5.74) is 0.930. The lowest BCUT2D eigenvalue weighted by Gasteiger charge is -2.19. The van der Waals surface area contributed by atoms with Gasteiger partial charge in [0.2, 0.25) is 0 Å². The quantitative estimate of drug-likeness (QED) is 0.798. The maximum Gasteiger partial charge on any atom is 0.327 e. The lowest BCUT2D eigenvalue weighted by Crippen LogP contribution is -2.35. The largest absolute Gasteiger partial charge is 0.465 e. The van der Waals surface area contributed by atoms with Gasteiger partial charge in [0.1, 0.15) is 6.04 Å². The molecule has 4 heteroatoms. The summed E-state index contributed by atoms with van der Waals surface area (Å²) in [6.07, 6.45) is 2.36. The smallest absolute Gasteiger partial charge is 0.327 e. The van der Waals surface area contributed by atoms with E-state index in [1.54, 1.807) is 0 Å². The number of carbonyl (C=O) groups excluding carboxylic acids is 1. The van der Waals surface area contributed by atoms with Gasteiger partial charge in [-0.3, -0.25) is 5.32 Å². The van der Waals surface area contributed by atoms with E-state index in [-0.39, 0.29) is 12.1 Å². The topological polar surface area (TPSA) is 47.6 Å². The normalized spacial score (nSPS) is 20.2. The van der Waals surface area contributed by atoms with Crippen molar-refractivity contribution in [1.82, 2.24) is 5.32 Å². The first kappa shape index (κ1) is 14.0. The summed E-state index contributed by atoms with van der Waals surface area (Å²) in [4.78, 5) is 12.0. The molecule has 0 bridgehead atoms. The zero-order valence-corrected chi connectivity index (χ0v) is 11.3. The highest BCUT2D eigenvalue weighted by molar-refractivity contribution is 5.77. The van der Waals surface area contributed by atoms with E-state index >= 15 is 0 Å². The second-order valence-electron chi connectivity index (χ2n) is 4.64. The van der Waals surface area contributed by atoms with Crippen molar-refractivity contribution in [3.8, 4) is 0 Å². The molecule has 0 aromatic heterocycles. The summed E-state index contributed by atoms with van der Waals surface area (Å²) in [7, 11) is 0. The minimum Gasteiger partial charge on any atom is -0.465 e. The highest BCUT2D eigenvalue weighted by Gasteiger charge is 2.24. The Kier molecular flexibility index (Phi) is 5.36. The average Bonchev–Trinajstić information content (AvgIpc) is 2.94. The van der Waals surface area contributed by atoms with Gasteiger partial charge >= 0.3 is 5.97 Å². The Bertz CT molecular complexity index is 388. The Morgan fingerprint density at radius 1 is 1.47 bits per heavy atom. The second-order valence-corrected chi connectivity index (χ2v) is 4.64. The molecule has 0 aliphatic carbocycles. The van der Waals surface area contributed by atoms with Gasteiger partial charge in [-0.15, -0.1) is 0 Å². The van der Waals surface area contributed by atoms with Crippen LogP contribution in [0, 0.1) is 0 Å². The second kappa shape index (κ2) is 7.26. The van der Waals surface area contributed by atoms with Gasteiger partial charge in [-0.2, -0.15) is 0 Å². The molecule has 1 aliphatic rings. The van der Waals surface area contributed by atoms with E-state index in [0.717, 1.165) is 25.0 Å². The van der Waals surface area contributed by atoms with Crippen molar-refractivity contribution in [3.63, 3.8) is 0 Å². The van der Waals surface area contributed by atoms with Crippen LogP contribution in [0.2, 0.25) is 0 Å². The van der Waals surface area contributed by atoms with Crippen LogP contribution in [0.15, 0.2) is 30.3 Å². The number of esters is 1. The van der Waals surface area contributed by atoms with Gasteiger partial charge in [0.15, 0.2) is 0 Å². The Morgan fingerprint density at radius 2 is 2.26 bits per heavy atom. The fourth-order valence-corrected chi connectivity index (χ4v) is 2.26. The summed E-state index contributed by atoms with van der Waals surface area (Å²) in [5.74, 6) is -0.230. The highest BCUT2D eigenvalue weighted by Crippen LogP contribution is 2.17. The lowest BCUT2D eigenvalue weighted by molar-refractivity contribution is -0.146. The number of rotatable bonds is 6. The van der Waals surface area contributed by atoms with E-state index in [4.69, 9.17) is 9.47 Å². The molecule has 1 saturated heterocycles. The van der Waals surface area contributed by atoms with Crippen LogP contribution in [0.5, 0.6) is 0 Å². The molecular weight excluding hydrogens is 242 g/mol. The molecule has 1 heterocycles.